The molecule has 0 spiro atoms. The van der Waals surface area contributed by atoms with Crippen LogP contribution in [0.4, 0.5) is 0 Å². The van der Waals surface area contributed by atoms with Crippen LogP contribution in [0.1, 0.15) is 6.92 Å². The maximum atomic E-state index is 2.12. The summed E-state index contributed by atoms with van der Waals surface area (Å²) in [6.45, 7) is 2.00. The summed E-state index contributed by atoms with van der Waals surface area (Å²) in [5, 5.41) is 5.32. The van der Waals surface area contributed by atoms with Crippen molar-refractivity contribution in [2.45, 2.75) is 6.92 Å². The van der Waals surface area contributed by atoms with Crippen molar-refractivity contribution in [3.05, 3.63) is 99.8 Å². The van der Waals surface area contributed by atoms with E-state index < -0.39 is 0 Å². The standard InChI is InChI=1S/2C9H7.C2H4.2CH3.Ti/c2*1-2-5-9-7-3-6-8(9)4-1;1-2;;;/h2*1-7H;1H,2H3;2*1H3;/q2*-1;;2*-1;. The Hall–Kier alpha value is -1.76. The maximum absolute atomic E-state index is 2.12. The van der Waals surface area contributed by atoms with E-state index in [0.717, 1.165) is 0 Å². The molecule has 1 heteroatoms. The first-order chi connectivity index (χ1) is 10.3. The van der Waals surface area contributed by atoms with Crippen LogP contribution in [-0.2, 0) is 20.0 Å². The van der Waals surface area contributed by atoms with Crippen LogP contribution in [0.3, 0.4) is 0 Å². The second-order valence-electron chi connectivity index (χ2n) is 4.60. The minimum atomic E-state index is 0. The van der Waals surface area contributed by atoms with Crippen LogP contribution in [0.25, 0.3) is 21.5 Å². The van der Waals surface area contributed by atoms with Gasteiger partial charge in [-0.05, 0) is 0 Å². The molecule has 0 saturated heterocycles. The third kappa shape index (κ3) is 6.48. The van der Waals surface area contributed by atoms with Crippen molar-refractivity contribution in [1.82, 2.24) is 0 Å². The van der Waals surface area contributed by atoms with Crippen molar-refractivity contribution in [1.29, 1.82) is 0 Å². The van der Waals surface area contributed by atoms with E-state index in [0.29, 0.717) is 0 Å². The van der Waals surface area contributed by atoms with Crippen molar-refractivity contribution < 1.29 is 20.0 Å². The zero-order valence-corrected chi connectivity index (χ0v) is 15.7. The molecule has 0 nitrogen and oxygen atoms in total. The molecule has 0 aliphatic carbocycles. The molecule has 0 aliphatic rings. The molecule has 0 radical (unpaired) electrons. The van der Waals surface area contributed by atoms with E-state index in [1.54, 1.807) is 0 Å². The van der Waals surface area contributed by atoms with Crippen molar-refractivity contribution >= 4 is 25.9 Å². The van der Waals surface area contributed by atoms with Gasteiger partial charge in [-0.1, -0.05) is 12.1 Å². The fraction of sp³-hybridized carbons (Fsp3) is 0.0455. The summed E-state index contributed by atoms with van der Waals surface area (Å²) in [5.74, 6) is 0. The second kappa shape index (κ2) is 11.8. The Labute approximate surface area is 152 Å². The molecule has 0 atom stereocenters. The molecule has 0 heterocycles. The quantitative estimate of drug-likeness (QED) is 0.258. The predicted octanol–water partition coefficient (Wildman–Crippen LogP) is 6.37. The number of rotatable bonds is 0. The van der Waals surface area contributed by atoms with Gasteiger partial charge in [-0.25, -0.2) is 0 Å². The molecule has 0 bridgehead atoms. The molecular formula is C22H24Ti-4. The van der Waals surface area contributed by atoms with E-state index >= 15 is 0 Å². The Balaban J connectivity index is 0.000000336. The zero-order chi connectivity index (χ0) is 14.9. The summed E-state index contributed by atoms with van der Waals surface area (Å²) in [6.07, 6.45) is 0. The van der Waals surface area contributed by atoms with E-state index in [9.17, 15) is 0 Å². The van der Waals surface area contributed by atoms with Gasteiger partial charge in [0.1, 0.15) is 0 Å². The van der Waals surface area contributed by atoms with Gasteiger partial charge >= 0.3 is 31.2 Å². The monoisotopic (exact) mass is 336 g/mol. The van der Waals surface area contributed by atoms with Gasteiger partial charge in [0, 0.05) is 0 Å². The summed E-state index contributed by atoms with van der Waals surface area (Å²) in [7, 11) is 0. The van der Waals surface area contributed by atoms with E-state index in [1.807, 2.05) is 31.2 Å². The van der Waals surface area contributed by atoms with Crippen LogP contribution in [0.5, 0.6) is 0 Å². The molecule has 4 aromatic carbocycles. The van der Waals surface area contributed by atoms with Crippen LogP contribution in [0.2, 0.25) is 0 Å². The maximum Gasteiger partial charge on any atom is -0.0809 e. The molecule has 23 heavy (non-hydrogen) atoms. The Bertz CT molecular complexity index is 663. The Morgan fingerprint density at radius 3 is 1.39 bits per heavy atom. The topological polar surface area (TPSA) is 0 Å². The van der Waals surface area contributed by atoms with Crippen molar-refractivity contribution in [3.63, 3.8) is 0 Å². The predicted molar refractivity (Wildman–Crippen MR) is 104 cm³/mol. The van der Waals surface area contributed by atoms with Crippen molar-refractivity contribution in [2.24, 2.45) is 0 Å². The van der Waals surface area contributed by atoms with E-state index in [-0.39, 0.29) is 14.9 Å². The molecule has 0 aromatic heterocycles. The van der Waals surface area contributed by atoms with Gasteiger partial charge in [0.2, 0.25) is 0 Å². The van der Waals surface area contributed by atoms with Crippen LogP contribution in [0.15, 0.2) is 84.9 Å². The van der Waals surface area contributed by atoms with E-state index in [4.69, 9.17) is 0 Å². The smallest absolute Gasteiger partial charge is 0.0809 e. The molecule has 0 N–H and O–H groups in total. The first-order valence-electron chi connectivity index (χ1n) is 7.01. The Morgan fingerprint density at radius 1 is 0.696 bits per heavy atom. The molecule has 0 aliphatic heterocycles. The molecule has 0 fully saturated rings. The summed E-state index contributed by atoms with van der Waals surface area (Å²) < 4.78 is 2.00. The minimum Gasteiger partial charge on any atom is -0.358 e. The largest absolute Gasteiger partial charge is 0.358 e. The van der Waals surface area contributed by atoms with Gasteiger partial charge in [0.25, 0.3) is 0 Å². The zero-order valence-electron chi connectivity index (χ0n) is 14.2. The third-order valence-electron chi connectivity index (χ3n) is 3.10. The van der Waals surface area contributed by atoms with E-state index in [2.05, 4.69) is 84.9 Å². The van der Waals surface area contributed by atoms with Gasteiger partial charge in [0.05, 0.1) is 0 Å². The number of hydrogen-bond acceptors (Lipinski definition) is 0. The molecule has 0 unspecified atom stereocenters. The molecule has 120 valence electrons. The summed E-state index contributed by atoms with van der Waals surface area (Å²) >= 11 is 2.00. The fourth-order valence-electron chi connectivity index (χ4n) is 2.14. The Morgan fingerprint density at radius 2 is 1.04 bits per heavy atom. The summed E-state index contributed by atoms with van der Waals surface area (Å²) in [5.41, 5.74) is 0. The molecular weight excluding hydrogens is 312 g/mol. The van der Waals surface area contributed by atoms with Gasteiger partial charge in [-0.2, -0.15) is 35.0 Å². The van der Waals surface area contributed by atoms with Crippen LogP contribution in [-0.4, -0.2) is 4.31 Å². The van der Waals surface area contributed by atoms with Crippen LogP contribution < -0.4 is 0 Å². The van der Waals surface area contributed by atoms with Gasteiger partial charge in [-0.3, -0.25) is 0 Å². The molecule has 4 rings (SSSR count). The fourth-order valence-corrected chi connectivity index (χ4v) is 2.14. The van der Waals surface area contributed by atoms with Gasteiger partial charge in [-0.15, -0.1) is 59.3 Å². The SMILES string of the molecule is C[CH]=[Ti].[CH3-].[CH3-].c1ccc2[cH-]ccc2c1.c1ccc2[cH-]ccc2c1. The third-order valence-corrected chi connectivity index (χ3v) is 3.10. The number of hydrogen-bond donors (Lipinski definition) is 0. The normalized spacial score (nSPS) is 8.52. The first-order valence-corrected chi connectivity index (χ1v) is 7.91. The van der Waals surface area contributed by atoms with Gasteiger partial charge < -0.3 is 14.9 Å². The molecule has 0 amide bonds. The average Bonchev–Trinajstić information content (AvgIpc) is 3.17. The molecule has 4 aromatic rings. The first kappa shape index (κ1) is 21.2. The second-order valence-corrected chi connectivity index (χ2v) is 5.50. The van der Waals surface area contributed by atoms with Crippen molar-refractivity contribution in [3.8, 4) is 0 Å². The van der Waals surface area contributed by atoms with Crippen LogP contribution >= 0.6 is 0 Å². The molecule has 0 saturated carbocycles. The minimum absolute atomic E-state index is 0. The van der Waals surface area contributed by atoms with Gasteiger partial charge in [0.15, 0.2) is 0 Å². The Kier molecular flexibility index (Phi) is 10.9. The van der Waals surface area contributed by atoms with Crippen molar-refractivity contribution in [2.75, 3.05) is 0 Å². The number of fused-ring (bicyclic) bond motifs is 2. The number of benzene rings is 2. The average molecular weight is 336 g/mol. The van der Waals surface area contributed by atoms with Crippen LogP contribution in [0, 0.1) is 14.9 Å². The van der Waals surface area contributed by atoms with E-state index in [1.165, 1.54) is 21.5 Å². The summed E-state index contributed by atoms with van der Waals surface area (Å²) in [4.78, 5) is 0. The summed E-state index contributed by atoms with van der Waals surface area (Å²) in [6, 6.07) is 29.3.